The highest BCUT2D eigenvalue weighted by Gasteiger charge is 2.52. The Morgan fingerprint density at radius 2 is 0.979 bits per heavy atom. The summed E-state index contributed by atoms with van der Waals surface area (Å²) in [7, 11) is 0. The third kappa shape index (κ3) is 9.10. The number of benzene rings is 12. The lowest BCUT2D eigenvalue weighted by Gasteiger charge is -2.45. The smallest absolute Gasteiger partial charge is 0.137 e. The highest BCUT2D eigenvalue weighted by atomic mass is 16.5. The molecule has 3 aliphatic rings. The molecule has 4 heterocycles. The van der Waals surface area contributed by atoms with E-state index >= 15 is 0 Å². The minimum absolute atomic E-state index is 0.107. The fourth-order valence-corrected chi connectivity index (χ4v) is 15.2. The van der Waals surface area contributed by atoms with Gasteiger partial charge < -0.3 is 19.4 Å². The number of hydrogen-bond donors (Lipinski definition) is 0. The van der Waals surface area contributed by atoms with Gasteiger partial charge >= 0.3 is 0 Å². The molecule has 2 aromatic heterocycles. The normalized spacial score (nSPS) is 14.3. The Morgan fingerprint density at radius 3 is 1.70 bits per heavy atom. The summed E-state index contributed by atoms with van der Waals surface area (Å²) in [5, 5.41) is 2.18. The largest absolute Gasteiger partial charge is 0.457 e. The predicted molar refractivity (Wildman–Crippen MR) is 391 cm³/mol. The van der Waals surface area contributed by atoms with Gasteiger partial charge in [-0.3, -0.25) is 4.57 Å². The Morgan fingerprint density at radius 1 is 0.394 bits per heavy atom. The van der Waals surface area contributed by atoms with Crippen LogP contribution in [-0.2, 0) is 16.2 Å². The summed E-state index contributed by atoms with van der Waals surface area (Å²) in [6, 6.07) is 103. The van der Waals surface area contributed by atoms with Gasteiger partial charge in [0.2, 0.25) is 0 Å². The van der Waals surface area contributed by atoms with Gasteiger partial charge in [0.1, 0.15) is 24.0 Å². The summed E-state index contributed by atoms with van der Waals surface area (Å²) in [6.45, 7) is 12.3. The first-order valence-electron chi connectivity index (χ1n) is 34.1. The fourth-order valence-electron chi connectivity index (χ4n) is 15.2. The van der Waals surface area contributed by atoms with E-state index in [0.29, 0.717) is 23.7 Å². The molecule has 0 unspecified atom stereocenters. The second kappa shape index (κ2) is 21.7. The zero-order chi connectivity index (χ0) is 66.1. The van der Waals surface area contributed by atoms with Crippen LogP contribution in [0.3, 0.4) is 0 Å². The maximum absolute atomic E-state index is 8.01. The molecule has 0 saturated heterocycles. The molecule has 6 nitrogen and oxygen atoms in total. The molecule has 6 heteroatoms. The summed E-state index contributed by atoms with van der Waals surface area (Å²) in [4.78, 5) is 12.4. The predicted octanol–water partition coefficient (Wildman–Crippen LogP) is 23.3. The number of rotatable bonds is 9. The molecular formula is C88H71N5O. The van der Waals surface area contributed by atoms with Gasteiger partial charge in [-0.1, -0.05) is 235 Å². The molecular weight excluding hydrogens is 1140 g/mol. The number of fused-ring (bicyclic) bond motifs is 13. The van der Waals surface area contributed by atoms with Gasteiger partial charge in [-0.15, -0.1) is 0 Å². The number of pyridine rings is 1. The number of aromatic nitrogens is 2. The lowest BCUT2D eigenvalue weighted by Crippen LogP contribution is -2.36. The number of anilines is 7. The van der Waals surface area contributed by atoms with E-state index < -0.39 is 12.3 Å². The molecule has 0 fully saturated rings. The third-order valence-electron chi connectivity index (χ3n) is 19.7. The molecule has 2 aliphatic heterocycles. The van der Waals surface area contributed by atoms with Crippen LogP contribution < -0.4 is 19.4 Å². The lowest BCUT2D eigenvalue weighted by atomic mass is 9.64. The van der Waals surface area contributed by atoms with Crippen molar-refractivity contribution >= 4 is 61.6 Å². The van der Waals surface area contributed by atoms with E-state index in [2.05, 4.69) is 303 Å². The number of hydrogen-bond acceptors (Lipinski definition) is 5. The van der Waals surface area contributed by atoms with Crippen LogP contribution in [0.4, 0.5) is 39.8 Å². The average Bonchev–Trinajstić information content (AvgIpc) is 1.56. The molecule has 1 aliphatic carbocycles. The van der Waals surface area contributed by atoms with Gasteiger partial charge in [0.05, 0.1) is 44.9 Å². The van der Waals surface area contributed by atoms with E-state index in [9.17, 15) is 0 Å². The topological polar surface area (TPSA) is 36.8 Å². The molecule has 12 aromatic carbocycles. The quantitative estimate of drug-likeness (QED) is 0.144. The molecule has 0 saturated carbocycles. The molecule has 1 spiro atoms. The molecule has 454 valence electrons. The molecule has 94 heavy (non-hydrogen) atoms. The minimum atomic E-state index is -2.21. The van der Waals surface area contributed by atoms with Gasteiger partial charge in [0, 0.05) is 61.3 Å². The van der Waals surface area contributed by atoms with Crippen molar-refractivity contribution in [3.05, 3.63) is 330 Å². The van der Waals surface area contributed by atoms with Crippen LogP contribution in [0.25, 0.3) is 72.1 Å². The Bertz CT molecular complexity index is 5380. The van der Waals surface area contributed by atoms with Crippen LogP contribution in [-0.4, -0.2) is 16.2 Å². The highest BCUT2D eigenvalue weighted by molar-refractivity contribution is 6.10. The maximum atomic E-state index is 8.01. The first-order valence-corrected chi connectivity index (χ1v) is 32.6. The molecule has 0 radical (unpaired) electrons. The van der Waals surface area contributed by atoms with Crippen LogP contribution in [0.2, 0.25) is 0 Å². The first kappa shape index (κ1) is 53.5. The van der Waals surface area contributed by atoms with Crippen LogP contribution in [0.15, 0.2) is 291 Å². The van der Waals surface area contributed by atoms with Crippen molar-refractivity contribution < 1.29 is 8.85 Å². The molecule has 0 bridgehead atoms. The number of nitrogens with zero attached hydrogens (tertiary/aromatic N) is 5. The molecule has 0 atom stereocenters. The van der Waals surface area contributed by atoms with E-state index in [-0.39, 0.29) is 10.8 Å². The number of para-hydroxylation sites is 7. The summed E-state index contributed by atoms with van der Waals surface area (Å²) < 4.78 is 33.2. The van der Waals surface area contributed by atoms with Crippen molar-refractivity contribution in [3.8, 4) is 61.8 Å². The Labute approximate surface area is 555 Å². The minimum Gasteiger partial charge on any atom is -0.457 e. The van der Waals surface area contributed by atoms with Gasteiger partial charge in [-0.2, -0.15) is 0 Å². The van der Waals surface area contributed by atoms with Gasteiger partial charge in [0.15, 0.2) is 0 Å². The van der Waals surface area contributed by atoms with Crippen molar-refractivity contribution in [2.75, 3.05) is 21.4 Å². The van der Waals surface area contributed by atoms with E-state index in [1.54, 1.807) is 18.2 Å². The van der Waals surface area contributed by atoms with E-state index in [0.717, 1.165) is 83.9 Å². The van der Waals surface area contributed by atoms with Crippen LogP contribution in [0.1, 0.15) is 84.6 Å². The van der Waals surface area contributed by atoms with E-state index in [1.165, 1.54) is 61.4 Å². The second-order valence-electron chi connectivity index (χ2n) is 27.4. The van der Waals surface area contributed by atoms with Crippen molar-refractivity contribution in [1.82, 2.24) is 9.55 Å². The van der Waals surface area contributed by atoms with E-state index in [4.69, 9.17) is 13.8 Å². The summed E-state index contributed by atoms with van der Waals surface area (Å²) in [5.41, 5.74) is 25.7. The van der Waals surface area contributed by atoms with E-state index in [1.807, 2.05) is 30.5 Å². The Balaban J connectivity index is 0.781. The maximum Gasteiger partial charge on any atom is 0.137 e. The van der Waals surface area contributed by atoms with Gasteiger partial charge in [-0.25, -0.2) is 4.98 Å². The summed E-state index contributed by atoms with van der Waals surface area (Å²) in [6.07, 6.45) is 1.82. The van der Waals surface area contributed by atoms with Crippen molar-refractivity contribution in [2.24, 2.45) is 0 Å². The molecule has 14 aromatic rings. The SMILES string of the molecule is [2H]C([2H])([2H])c1cccc(-c2ccc(-n3c4ccccc4c4ccc(Oc5cccc(N6CN(c7c(-c8cc(C(C)(C)C)cc(C(C)(C)C)c8)cccc7-c7ccc8c(c7)-c7ccccc7C87c8ccccc8N(c8ccccc8)c8ccccc87)c7ccccc76)c5)cc43)nc2)c1. The number of aryl methyl sites for hydroxylation is 1. The summed E-state index contributed by atoms with van der Waals surface area (Å²) >= 11 is 0. The van der Waals surface area contributed by atoms with Gasteiger partial charge in [0.25, 0.3) is 0 Å². The van der Waals surface area contributed by atoms with Crippen molar-refractivity contribution in [3.63, 3.8) is 0 Å². The Hall–Kier alpha value is -11.2. The Kier molecular flexibility index (Phi) is 12.3. The average molecular weight is 1220 g/mol. The van der Waals surface area contributed by atoms with Crippen molar-refractivity contribution in [2.45, 2.75) is 64.6 Å². The second-order valence-corrected chi connectivity index (χ2v) is 27.4. The molecule has 0 amide bonds. The summed E-state index contributed by atoms with van der Waals surface area (Å²) in [5.74, 6) is 2.14. The van der Waals surface area contributed by atoms with Crippen LogP contribution >= 0.6 is 0 Å². The van der Waals surface area contributed by atoms with Crippen LogP contribution in [0, 0.1) is 6.85 Å². The van der Waals surface area contributed by atoms with Crippen molar-refractivity contribution in [1.29, 1.82) is 0 Å². The molecule has 0 N–H and O–H groups in total. The monoisotopic (exact) mass is 1220 g/mol. The highest BCUT2D eigenvalue weighted by Crippen LogP contribution is 2.64. The number of ether oxygens (including phenoxy) is 1. The van der Waals surface area contributed by atoms with Crippen LogP contribution in [0.5, 0.6) is 11.5 Å². The lowest BCUT2D eigenvalue weighted by molar-refractivity contribution is 0.483. The standard InChI is InChI=1S/C88H71N5O/c1-57-24-21-25-58(48-57)60-43-47-84(89-55-60)93-78-37-16-12-31-71(78)72-45-44-67(54-83(72)93)94-66-29-22-28-65(53-66)90-56-91(82-41-20-19-40-81(82)90)85-68(32-23-33-69(85)61-49-62(86(2,3)4)52-63(50-61)87(5,6)7)59-42-46-75-73(51-59)70-30-11-13-34-74(70)88(75)76-35-14-17-38-79(76)92(64-26-9-8-10-27-64)80-39-18-15-36-77(80)88/h8-55H,56H2,1-7H3/i1D3. The first-order chi connectivity index (χ1) is 47.0. The zero-order valence-corrected chi connectivity index (χ0v) is 53.6. The fraction of sp³-hybridized carbons (Fsp3) is 0.125. The third-order valence-corrected chi connectivity index (χ3v) is 19.7. The molecule has 17 rings (SSSR count). The van der Waals surface area contributed by atoms with Gasteiger partial charge in [-0.05, 0) is 164 Å². The zero-order valence-electron chi connectivity index (χ0n) is 56.6.